The third kappa shape index (κ3) is 1.76. The summed E-state index contributed by atoms with van der Waals surface area (Å²) < 4.78 is 13.5. The van der Waals surface area contributed by atoms with Gasteiger partial charge in [-0.15, -0.1) is 0 Å². The van der Waals surface area contributed by atoms with E-state index in [4.69, 9.17) is 5.11 Å². The fourth-order valence-electron chi connectivity index (χ4n) is 1.90. The predicted molar refractivity (Wildman–Crippen MR) is 53.0 cm³/mol. The van der Waals surface area contributed by atoms with Gasteiger partial charge < -0.3 is 10.4 Å². The third-order valence-electron chi connectivity index (χ3n) is 2.68. The van der Waals surface area contributed by atoms with Crippen LogP contribution in [0.1, 0.15) is 18.0 Å². The molecule has 5 heteroatoms. The number of nitrogens with one attached hydrogen (secondary N) is 1. The summed E-state index contributed by atoms with van der Waals surface area (Å²) in [6.45, 7) is 0. The lowest BCUT2D eigenvalue weighted by atomic mass is 9.94. The van der Waals surface area contributed by atoms with Crippen LogP contribution in [0, 0.1) is 11.7 Å². The first kappa shape index (κ1) is 10.6. The third-order valence-corrected chi connectivity index (χ3v) is 2.68. The predicted octanol–water partition coefficient (Wildman–Crippen LogP) is 1.09. The van der Waals surface area contributed by atoms with Crippen LogP contribution in [0.15, 0.2) is 24.3 Å². The number of carbonyl (C=O) groups excluding carboxylic acids is 1. The quantitative estimate of drug-likeness (QED) is 0.788. The maximum atomic E-state index is 13.5. The van der Waals surface area contributed by atoms with Crippen LogP contribution in [0.4, 0.5) is 4.39 Å². The lowest BCUT2D eigenvalue weighted by Gasteiger charge is -2.16. The zero-order valence-corrected chi connectivity index (χ0v) is 8.31. The fraction of sp³-hybridized carbons (Fsp3) is 0.273. The fourth-order valence-corrected chi connectivity index (χ4v) is 1.90. The number of carboxylic acid groups (broad SMARTS) is 1. The van der Waals surface area contributed by atoms with Gasteiger partial charge in [-0.25, -0.2) is 4.39 Å². The van der Waals surface area contributed by atoms with Gasteiger partial charge in [-0.05, 0) is 6.07 Å². The molecule has 4 nitrogen and oxygen atoms in total. The number of halogens is 1. The molecule has 0 aromatic heterocycles. The molecule has 1 aliphatic heterocycles. The molecule has 1 fully saturated rings. The van der Waals surface area contributed by atoms with Crippen molar-refractivity contribution in [3.05, 3.63) is 35.6 Å². The largest absolute Gasteiger partial charge is 0.481 e. The molecule has 2 N–H and O–H groups in total. The topological polar surface area (TPSA) is 66.4 Å². The van der Waals surface area contributed by atoms with Gasteiger partial charge in [-0.3, -0.25) is 9.59 Å². The Bertz CT molecular complexity index is 447. The number of benzene rings is 1. The zero-order chi connectivity index (χ0) is 11.7. The standard InChI is InChI=1S/C11H10FNO3/c12-8-4-2-1-3-6(8)10-7(11(15)16)5-9(14)13-10/h1-4,7,10H,5H2,(H,13,14)(H,15,16)/t7-,10+/m1/s1. The monoisotopic (exact) mass is 223 g/mol. The van der Waals surface area contributed by atoms with Crippen molar-refractivity contribution in [3.8, 4) is 0 Å². The summed E-state index contributed by atoms with van der Waals surface area (Å²) in [5.74, 6) is -2.85. The summed E-state index contributed by atoms with van der Waals surface area (Å²) in [7, 11) is 0. The number of aliphatic carboxylic acids is 1. The van der Waals surface area contributed by atoms with Gasteiger partial charge in [0.2, 0.25) is 5.91 Å². The Hall–Kier alpha value is -1.91. The van der Waals surface area contributed by atoms with Crippen molar-refractivity contribution < 1.29 is 19.1 Å². The molecular formula is C11H10FNO3. The molecule has 1 heterocycles. The zero-order valence-electron chi connectivity index (χ0n) is 8.31. The van der Waals surface area contributed by atoms with Crippen molar-refractivity contribution in [1.82, 2.24) is 5.32 Å². The molecule has 1 aromatic carbocycles. The molecule has 0 spiro atoms. The van der Waals surface area contributed by atoms with E-state index in [1.165, 1.54) is 18.2 Å². The van der Waals surface area contributed by atoms with Crippen molar-refractivity contribution in [2.24, 2.45) is 5.92 Å². The van der Waals surface area contributed by atoms with Crippen LogP contribution >= 0.6 is 0 Å². The van der Waals surface area contributed by atoms with E-state index in [1.807, 2.05) is 0 Å². The minimum absolute atomic E-state index is 0.103. The van der Waals surface area contributed by atoms with Gasteiger partial charge in [-0.2, -0.15) is 0 Å². The van der Waals surface area contributed by atoms with Gasteiger partial charge >= 0.3 is 5.97 Å². The number of hydrogen-bond donors (Lipinski definition) is 2. The second-order valence-electron chi connectivity index (χ2n) is 3.72. The highest BCUT2D eigenvalue weighted by Gasteiger charge is 2.39. The van der Waals surface area contributed by atoms with Crippen molar-refractivity contribution in [2.75, 3.05) is 0 Å². The maximum absolute atomic E-state index is 13.5. The normalized spacial score (nSPS) is 24.2. The first-order valence-electron chi connectivity index (χ1n) is 4.86. The summed E-state index contributed by atoms with van der Waals surface area (Å²) in [6, 6.07) is 5.10. The van der Waals surface area contributed by atoms with Crippen LogP contribution in [0.3, 0.4) is 0 Å². The molecule has 0 aliphatic carbocycles. The molecule has 2 rings (SSSR count). The summed E-state index contributed by atoms with van der Waals surface area (Å²) >= 11 is 0. The van der Waals surface area contributed by atoms with Crippen molar-refractivity contribution >= 4 is 11.9 Å². The SMILES string of the molecule is O=C1C[C@@H](C(=O)O)[C@H](c2ccccc2F)N1. The molecule has 2 atom stereocenters. The Labute approximate surface area is 91.1 Å². The van der Waals surface area contributed by atoms with E-state index < -0.39 is 23.7 Å². The number of carboxylic acids is 1. The smallest absolute Gasteiger partial charge is 0.309 e. The van der Waals surface area contributed by atoms with Crippen LogP contribution in [0.2, 0.25) is 0 Å². The van der Waals surface area contributed by atoms with Crippen molar-refractivity contribution in [1.29, 1.82) is 0 Å². The first-order valence-corrected chi connectivity index (χ1v) is 4.86. The molecule has 0 radical (unpaired) electrons. The van der Waals surface area contributed by atoms with E-state index in [9.17, 15) is 14.0 Å². The van der Waals surface area contributed by atoms with Gasteiger partial charge in [-0.1, -0.05) is 18.2 Å². The molecule has 1 amide bonds. The average molecular weight is 223 g/mol. The van der Waals surface area contributed by atoms with Crippen molar-refractivity contribution in [2.45, 2.75) is 12.5 Å². The van der Waals surface area contributed by atoms with Gasteiger partial charge in [0.05, 0.1) is 12.0 Å². The molecular weight excluding hydrogens is 213 g/mol. The number of rotatable bonds is 2. The Morgan fingerprint density at radius 1 is 1.44 bits per heavy atom. The Kier molecular flexibility index (Phi) is 2.60. The van der Waals surface area contributed by atoms with Crippen LogP contribution in [0.5, 0.6) is 0 Å². The van der Waals surface area contributed by atoms with E-state index in [2.05, 4.69) is 5.32 Å². The molecule has 84 valence electrons. The van der Waals surface area contributed by atoms with Crippen LogP contribution in [-0.2, 0) is 9.59 Å². The van der Waals surface area contributed by atoms with Gasteiger partial charge in [0, 0.05) is 12.0 Å². The maximum Gasteiger partial charge on any atom is 0.309 e. The highest BCUT2D eigenvalue weighted by Crippen LogP contribution is 2.31. The highest BCUT2D eigenvalue weighted by molar-refractivity contribution is 5.87. The molecule has 1 aliphatic rings. The van der Waals surface area contributed by atoms with E-state index in [0.29, 0.717) is 0 Å². The van der Waals surface area contributed by atoms with E-state index >= 15 is 0 Å². The molecule has 16 heavy (non-hydrogen) atoms. The molecule has 0 unspecified atom stereocenters. The lowest BCUT2D eigenvalue weighted by Crippen LogP contribution is -2.25. The Morgan fingerprint density at radius 2 is 2.12 bits per heavy atom. The first-order chi connectivity index (χ1) is 7.59. The van der Waals surface area contributed by atoms with Crippen molar-refractivity contribution in [3.63, 3.8) is 0 Å². The highest BCUT2D eigenvalue weighted by atomic mass is 19.1. The summed E-state index contributed by atoms with van der Waals surface area (Å²) in [5, 5.41) is 11.4. The van der Waals surface area contributed by atoms with Crippen LogP contribution < -0.4 is 5.32 Å². The number of amides is 1. The van der Waals surface area contributed by atoms with Gasteiger partial charge in [0.15, 0.2) is 0 Å². The number of carbonyl (C=O) groups is 2. The summed E-state index contributed by atoms with van der Waals surface area (Å²) in [6.07, 6.45) is -0.103. The minimum Gasteiger partial charge on any atom is -0.481 e. The van der Waals surface area contributed by atoms with Crippen LogP contribution in [0.25, 0.3) is 0 Å². The Balaban J connectivity index is 2.36. The molecule has 1 aromatic rings. The molecule has 0 bridgehead atoms. The average Bonchev–Trinajstić information content (AvgIpc) is 2.61. The second-order valence-corrected chi connectivity index (χ2v) is 3.72. The van der Waals surface area contributed by atoms with E-state index in [1.54, 1.807) is 6.07 Å². The lowest BCUT2D eigenvalue weighted by molar-refractivity contribution is -0.142. The van der Waals surface area contributed by atoms with E-state index in [0.717, 1.165) is 0 Å². The van der Waals surface area contributed by atoms with Gasteiger partial charge in [0.1, 0.15) is 5.82 Å². The van der Waals surface area contributed by atoms with Crippen LogP contribution in [-0.4, -0.2) is 17.0 Å². The molecule has 1 saturated heterocycles. The summed E-state index contributed by atoms with van der Waals surface area (Å²) in [4.78, 5) is 22.1. The second kappa shape index (κ2) is 3.92. The summed E-state index contributed by atoms with van der Waals surface area (Å²) in [5.41, 5.74) is 0.223. The van der Waals surface area contributed by atoms with E-state index in [-0.39, 0.29) is 17.9 Å². The van der Waals surface area contributed by atoms with Gasteiger partial charge in [0.25, 0.3) is 0 Å². The minimum atomic E-state index is -1.09. The molecule has 0 saturated carbocycles. The Morgan fingerprint density at radius 3 is 2.75 bits per heavy atom. The number of hydrogen-bond acceptors (Lipinski definition) is 2.